The Morgan fingerprint density at radius 1 is 1.00 bits per heavy atom. The van der Waals surface area contributed by atoms with Gasteiger partial charge in [0, 0.05) is 31.7 Å². The molecule has 2 aliphatic rings. The van der Waals surface area contributed by atoms with Crippen LogP contribution in [0.2, 0.25) is 0 Å². The molecule has 0 N–H and O–H groups in total. The maximum atomic E-state index is 14.5. The second-order valence-corrected chi connectivity index (χ2v) is 11.1. The lowest BCUT2D eigenvalue weighted by molar-refractivity contribution is 0.0686. The van der Waals surface area contributed by atoms with Crippen LogP contribution in [0.3, 0.4) is 0 Å². The first-order valence-electron chi connectivity index (χ1n) is 12.1. The standard InChI is InChI=1S/C26H33FN2O4S/c1-33-23-10-7-20(8-11-23)5-6-21-13-17-28(18-14-21)26(30)22-9-12-24(27)25(19-22)34(31,32)29-15-3-2-4-16-29/h7-12,19,21H,2-6,13-18H2,1H3. The Morgan fingerprint density at radius 2 is 1.68 bits per heavy atom. The molecule has 0 atom stereocenters. The zero-order valence-corrected chi connectivity index (χ0v) is 20.5. The number of amides is 1. The number of hydrogen-bond acceptors (Lipinski definition) is 4. The number of hydrogen-bond donors (Lipinski definition) is 0. The number of aryl methyl sites for hydroxylation is 1. The van der Waals surface area contributed by atoms with Crippen LogP contribution in [0.25, 0.3) is 0 Å². The summed E-state index contributed by atoms with van der Waals surface area (Å²) in [5.41, 5.74) is 1.50. The number of ether oxygens (including phenoxy) is 1. The SMILES string of the molecule is COc1ccc(CCC2CCN(C(=O)c3ccc(F)c(S(=O)(=O)N4CCCCC4)c3)CC2)cc1. The van der Waals surface area contributed by atoms with Crippen LogP contribution in [-0.4, -0.2) is 56.8 Å². The van der Waals surface area contributed by atoms with Crippen molar-refractivity contribution < 1.29 is 22.3 Å². The summed E-state index contributed by atoms with van der Waals surface area (Å²) in [6.07, 6.45) is 6.37. The summed E-state index contributed by atoms with van der Waals surface area (Å²) < 4.78 is 47.0. The lowest BCUT2D eigenvalue weighted by atomic mass is 9.90. The predicted octanol–water partition coefficient (Wildman–Crippen LogP) is 4.49. The van der Waals surface area contributed by atoms with Crippen molar-refractivity contribution in [1.29, 1.82) is 0 Å². The maximum Gasteiger partial charge on any atom is 0.253 e. The van der Waals surface area contributed by atoms with E-state index >= 15 is 0 Å². The summed E-state index contributed by atoms with van der Waals surface area (Å²) in [6, 6.07) is 11.8. The van der Waals surface area contributed by atoms with Gasteiger partial charge in [0.2, 0.25) is 10.0 Å². The molecule has 2 aromatic carbocycles. The minimum Gasteiger partial charge on any atom is -0.497 e. The van der Waals surface area contributed by atoms with E-state index in [0.717, 1.165) is 56.8 Å². The van der Waals surface area contributed by atoms with Crippen LogP contribution < -0.4 is 4.74 Å². The van der Waals surface area contributed by atoms with E-state index in [-0.39, 0.29) is 11.5 Å². The quantitative estimate of drug-likeness (QED) is 0.576. The normalized spacial score (nSPS) is 18.1. The van der Waals surface area contributed by atoms with Crippen molar-refractivity contribution in [3.8, 4) is 5.75 Å². The molecule has 2 aliphatic heterocycles. The third-order valence-corrected chi connectivity index (χ3v) is 8.93. The first kappa shape index (κ1) is 24.7. The van der Waals surface area contributed by atoms with Gasteiger partial charge in [-0.25, -0.2) is 12.8 Å². The van der Waals surface area contributed by atoms with Gasteiger partial charge >= 0.3 is 0 Å². The van der Waals surface area contributed by atoms with Crippen LogP contribution in [0.1, 0.15) is 54.4 Å². The van der Waals surface area contributed by atoms with Crippen molar-refractivity contribution in [3.63, 3.8) is 0 Å². The summed E-state index contributed by atoms with van der Waals surface area (Å²) in [5, 5.41) is 0. The van der Waals surface area contributed by atoms with E-state index < -0.39 is 20.7 Å². The number of carbonyl (C=O) groups excluding carboxylic acids is 1. The van der Waals surface area contributed by atoms with Gasteiger partial charge in [-0.1, -0.05) is 18.6 Å². The Hall–Kier alpha value is -2.45. The van der Waals surface area contributed by atoms with Crippen LogP contribution in [0, 0.1) is 11.7 Å². The number of benzene rings is 2. The predicted molar refractivity (Wildman–Crippen MR) is 129 cm³/mol. The number of piperidine rings is 2. The number of carbonyl (C=O) groups is 1. The van der Waals surface area contributed by atoms with Crippen LogP contribution in [0.15, 0.2) is 47.4 Å². The number of nitrogens with zero attached hydrogens (tertiary/aromatic N) is 2. The third-order valence-electron chi connectivity index (χ3n) is 7.01. The topological polar surface area (TPSA) is 66.9 Å². The molecular weight excluding hydrogens is 455 g/mol. The molecule has 8 heteroatoms. The zero-order chi connectivity index (χ0) is 24.1. The second-order valence-electron chi connectivity index (χ2n) is 9.23. The average Bonchev–Trinajstić information content (AvgIpc) is 2.88. The Morgan fingerprint density at radius 3 is 2.32 bits per heavy atom. The molecule has 0 bridgehead atoms. The molecular formula is C26H33FN2O4S. The number of sulfonamides is 1. The van der Waals surface area contributed by atoms with Crippen molar-refractivity contribution >= 4 is 15.9 Å². The molecule has 0 spiro atoms. The monoisotopic (exact) mass is 488 g/mol. The van der Waals surface area contributed by atoms with E-state index in [1.807, 2.05) is 12.1 Å². The van der Waals surface area contributed by atoms with Gasteiger partial charge in [-0.05, 0) is 80.3 Å². The molecule has 184 valence electrons. The number of methoxy groups -OCH3 is 1. The highest BCUT2D eigenvalue weighted by Gasteiger charge is 2.30. The highest BCUT2D eigenvalue weighted by atomic mass is 32.2. The molecule has 0 unspecified atom stereocenters. The fourth-order valence-corrected chi connectivity index (χ4v) is 6.46. The summed E-state index contributed by atoms with van der Waals surface area (Å²) in [5.74, 6) is 0.348. The minimum absolute atomic E-state index is 0.230. The molecule has 6 nitrogen and oxygen atoms in total. The smallest absolute Gasteiger partial charge is 0.253 e. The summed E-state index contributed by atoms with van der Waals surface area (Å²) in [7, 11) is -2.29. The van der Waals surface area contributed by atoms with Gasteiger partial charge in [0.1, 0.15) is 16.5 Å². The Balaban J connectivity index is 1.36. The highest BCUT2D eigenvalue weighted by Crippen LogP contribution is 2.27. The van der Waals surface area contributed by atoms with Gasteiger partial charge in [0.15, 0.2) is 0 Å². The lowest BCUT2D eigenvalue weighted by Crippen LogP contribution is -2.39. The fraction of sp³-hybridized carbons (Fsp3) is 0.500. The molecule has 0 aliphatic carbocycles. The van der Waals surface area contributed by atoms with Crippen LogP contribution >= 0.6 is 0 Å². The van der Waals surface area contributed by atoms with Gasteiger partial charge < -0.3 is 9.64 Å². The molecule has 2 fully saturated rings. The van der Waals surface area contributed by atoms with E-state index in [9.17, 15) is 17.6 Å². The third kappa shape index (κ3) is 5.61. The average molecular weight is 489 g/mol. The van der Waals surface area contributed by atoms with Gasteiger partial charge in [-0.15, -0.1) is 0 Å². The van der Waals surface area contributed by atoms with Crippen LogP contribution in [0.4, 0.5) is 4.39 Å². The molecule has 34 heavy (non-hydrogen) atoms. The first-order chi connectivity index (χ1) is 16.4. The Bertz CT molecular complexity index is 1090. The second kappa shape index (κ2) is 10.9. The van der Waals surface area contributed by atoms with E-state index in [4.69, 9.17) is 4.74 Å². The molecule has 0 radical (unpaired) electrons. The summed E-state index contributed by atoms with van der Waals surface area (Å²) in [4.78, 5) is 14.5. The zero-order valence-electron chi connectivity index (χ0n) is 19.7. The van der Waals surface area contributed by atoms with Crippen molar-refractivity contribution in [2.24, 2.45) is 5.92 Å². The summed E-state index contributed by atoms with van der Waals surface area (Å²) in [6.45, 7) is 2.03. The van der Waals surface area contributed by atoms with Crippen molar-refractivity contribution in [2.75, 3.05) is 33.3 Å². The highest BCUT2D eigenvalue weighted by molar-refractivity contribution is 7.89. The van der Waals surface area contributed by atoms with E-state index in [1.165, 1.54) is 22.0 Å². The van der Waals surface area contributed by atoms with Crippen LogP contribution in [0.5, 0.6) is 5.75 Å². The Labute approximate surface area is 201 Å². The minimum atomic E-state index is -3.95. The first-order valence-corrected chi connectivity index (χ1v) is 13.5. The van der Waals surface area contributed by atoms with Crippen molar-refractivity contribution in [2.45, 2.75) is 49.8 Å². The van der Waals surface area contributed by atoms with Gasteiger partial charge in [0.05, 0.1) is 7.11 Å². The molecule has 2 heterocycles. The molecule has 1 amide bonds. The number of likely N-dealkylation sites (tertiary alicyclic amines) is 1. The molecule has 4 rings (SSSR count). The lowest BCUT2D eigenvalue weighted by Gasteiger charge is -2.32. The van der Waals surface area contributed by atoms with Gasteiger partial charge in [-0.3, -0.25) is 4.79 Å². The van der Waals surface area contributed by atoms with E-state index in [0.29, 0.717) is 32.1 Å². The Kier molecular flexibility index (Phi) is 7.88. The van der Waals surface area contributed by atoms with E-state index in [1.54, 1.807) is 12.0 Å². The largest absolute Gasteiger partial charge is 0.497 e. The molecule has 0 saturated carbocycles. The molecule has 2 aromatic rings. The number of rotatable bonds is 7. The molecule has 0 aromatic heterocycles. The molecule has 2 saturated heterocycles. The van der Waals surface area contributed by atoms with E-state index in [2.05, 4.69) is 12.1 Å². The van der Waals surface area contributed by atoms with Crippen molar-refractivity contribution in [1.82, 2.24) is 9.21 Å². The number of halogens is 1. The fourth-order valence-electron chi connectivity index (χ4n) is 4.85. The summed E-state index contributed by atoms with van der Waals surface area (Å²) >= 11 is 0. The van der Waals surface area contributed by atoms with Crippen LogP contribution in [-0.2, 0) is 16.4 Å². The van der Waals surface area contributed by atoms with Crippen molar-refractivity contribution in [3.05, 3.63) is 59.4 Å². The van der Waals surface area contributed by atoms with Gasteiger partial charge in [0.25, 0.3) is 5.91 Å². The van der Waals surface area contributed by atoms with Gasteiger partial charge in [-0.2, -0.15) is 4.31 Å². The maximum absolute atomic E-state index is 14.5.